The van der Waals surface area contributed by atoms with Crippen molar-refractivity contribution in [2.24, 2.45) is 0 Å². The minimum Gasteiger partial charge on any atom is -0.493 e. The van der Waals surface area contributed by atoms with E-state index in [2.05, 4.69) is 16.8 Å². The Morgan fingerprint density at radius 3 is 2.52 bits per heavy atom. The van der Waals surface area contributed by atoms with Crippen LogP contribution in [-0.2, 0) is 19.1 Å². The number of alkyl halides is 3. The number of amides is 1. The van der Waals surface area contributed by atoms with Gasteiger partial charge in [0, 0.05) is 36.8 Å². The van der Waals surface area contributed by atoms with Crippen molar-refractivity contribution in [3.63, 3.8) is 0 Å². The molecular formula is C25H29F3N2O3. The van der Waals surface area contributed by atoms with E-state index in [1.807, 2.05) is 0 Å². The number of nitrogens with zero attached hydrogens (tertiary/aromatic N) is 1. The van der Waals surface area contributed by atoms with Crippen LogP contribution in [0.1, 0.15) is 39.9 Å². The van der Waals surface area contributed by atoms with E-state index in [-0.39, 0.29) is 11.9 Å². The Labute approximate surface area is 192 Å². The lowest BCUT2D eigenvalue weighted by molar-refractivity contribution is -0.137. The summed E-state index contributed by atoms with van der Waals surface area (Å²) >= 11 is 0. The molecule has 0 unspecified atom stereocenters. The first kappa shape index (κ1) is 24.6. The van der Waals surface area contributed by atoms with E-state index >= 15 is 0 Å². The lowest BCUT2D eigenvalue weighted by Crippen LogP contribution is -2.44. The van der Waals surface area contributed by atoms with Crippen LogP contribution in [0.4, 0.5) is 13.2 Å². The van der Waals surface area contributed by atoms with E-state index in [0.717, 1.165) is 24.5 Å². The van der Waals surface area contributed by atoms with Gasteiger partial charge in [0.15, 0.2) is 11.5 Å². The molecular weight excluding hydrogens is 433 g/mol. The maximum Gasteiger partial charge on any atom is 0.416 e. The summed E-state index contributed by atoms with van der Waals surface area (Å²) in [5.74, 6) is 0.868. The van der Waals surface area contributed by atoms with Crippen LogP contribution in [0.15, 0.2) is 49.1 Å². The van der Waals surface area contributed by atoms with E-state index in [0.29, 0.717) is 48.7 Å². The van der Waals surface area contributed by atoms with E-state index in [1.54, 1.807) is 31.4 Å². The molecule has 1 fully saturated rings. The quantitative estimate of drug-likeness (QED) is 0.570. The van der Waals surface area contributed by atoms with Gasteiger partial charge < -0.3 is 14.8 Å². The SMILES string of the molecule is C=CCc1cc(C(=O)NC2CCN(Cc3cccc(C(F)(F)F)c3)CC2)cc(OC)c1OC. The molecule has 1 heterocycles. The van der Waals surface area contributed by atoms with Crippen molar-refractivity contribution in [1.82, 2.24) is 10.2 Å². The Bertz CT molecular complexity index is 983. The summed E-state index contributed by atoms with van der Waals surface area (Å²) in [4.78, 5) is 15.0. The monoisotopic (exact) mass is 462 g/mol. The maximum atomic E-state index is 12.9. The largest absolute Gasteiger partial charge is 0.493 e. The number of rotatable bonds is 8. The Morgan fingerprint density at radius 1 is 1.18 bits per heavy atom. The summed E-state index contributed by atoms with van der Waals surface area (Å²) in [5.41, 5.74) is 1.30. The van der Waals surface area contributed by atoms with Crippen molar-refractivity contribution in [1.29, 1.82) is 0 Å². The van der Waals surface area contributed by atoms with Crippen LogP contribution in [0.5, 0.6) is 11.5 Å². The van der Waals surface area contributed by atoms with Crippen LogP contribution < -0.4 is 14.8 Å². The van der Waals surface area contributed by atoms with Gasteiger partial charge in [-0.1, -0.05) is 24.3 Å². The van der Waals surface area contributed by atoms with Crippen LogP contribution in [0.25, 0.3) is 0 Å². The molecule has 0 aromatic heterocycles. The van der Waals surface area contributed by atoms with Crippen molar-refractivity contribution in [2.45, 2.75) is 38.0 Å². The Kier molecular flexibility index (Phi) is 8.02. The average Bonchev–Trinajstić information content (AvgIpc) is 2.79. The third-order valence-corrected chi connectivity index (χ3v) is 5.77. The minimum absolute atomic E-state index is 0.00814. The summed E-state index contributed by atoms with van der Waals surface area (Å²) in [6, 6.07) is 8.86. The molecule has 1 N–H and O–H groups in total. The lowest BCUT2D eigenvalue weighted by Gasteiger charge is -2.32. The predicted octanol–water partition coefficient (Wildman–Crippen LogP) is 4.85. The van der Waals surface area contributed by atoms with Gasteiger partial charge >= 0.3 is 6.18 Å². The van der Waals surface area contributed by atoms with Crippen molar-refractivity contribution in [2.75, 3.05) is 27.3 Å². The number of nitrogens with one attached hydrogen (secondary N) is 1. The number of piperidine rings is 1. The normalized spacial score (nSPS) is 15.2. The fraction of sp³-hybridized carbons (Fsp3) is 0.400. The zero-order valence-corrected chi connectivity index (χ0v) is 18.9. The number of halogens is 3. The average molecular weight is 463 g/mol. The number of hydrogen-bond donors (Lipinski definition) is 1. The second-order valence-electron chi connectivity index (χ2n) is 8.09. The molecule has 3 rings (SSSR count). The minimum atomic E-state index is -4.34. The van der Waals surface area contributed by atoms with Gasteiger partial charge in [0.05, 0.1) is 19.8 Å². The molecule has 2 aromatic carbocycles. The highest BCUT2D eigenvalue weighted by molar-refractivity contribution is 5.95. The van der Waals surface area contributed by atoms with E-state index in [4.69, 9.17) is 9.47 Å². The van der Waals surface area contributed by atoms with Crippen LogP contribution in [0, 0.1) is 0 Å². The van der Waals surface area contributed by atoms with Gasteiger partial charge in [0.25, 0.3) is 5.91 Å². The van der Waals surface area contributed by atoms with E-state index < -0.39 is 11.7 Å². The Morgan fingerprint density at radius 2 is 1.91 bits per heavy atom. The van der Waals surface area contributed by atoms with Crippen LogP contribution in [-0.4, -0.2) is 44.2 Å². The summed E-state index contributed by atoms with van der Waals surface area (Å²) in [7, 11) is 3.08. The molecule has 1 amide bonds. The summed E-state index contributed by atoms with van der Waals surface area (Å²) in [5, 5.41) is 3.07. The topological polar surface area (TPSA) is 50.8 Å². The van der Waals surface area contributed by atoms with Gasteiger partial charge in [-0.25, -0.2) is 0 Å². The number of carbonyl (C=O) groups excluding carboxylic acids is 1. The maximum absolute atomic E-state index is 12.9. The molecule has 33 heavy (non-hydrogen) atoms. The Hall–Kier alpha value is -3.00. The van der Waals surface area contributed by atoms with Gasteiger partial charge in [-0.05, 0) is 43.0 Å². The van der Waals surface area contributed by atoms with E-state index in [9.17, 15) is 18.0 Å². The van der Waals surface area contributed by atoms with Crippen molar-refractivity contribution in [3.8, 4) is 11.5 Å². The number of hydrogen-bond acceptors (Lipinski definition) is 4. The first-order valence-electron chi connectivity index (χ1n) is 10.8. The summed E-state index contributed by atoms with van der Waals surface area (Å²) in [6.07, 6.45) is -0.633. The summed E-state index contributed by atoms with van der Waals surface area (Å²) in [6.45, 7) is 5.58. The van der Waals surface area contributed by atoms with Gasteiger partial charge in [-0.3, -0.25) is 9.69 Å². The van der Waals surface area contributed by atoms with Gasteiger partial charge in [0.2, 0.25) is 0 Å². The van der Waals surface area contributed by atoms with Gasteiger partial charge in [-0.15, -0.1) is 6.58 Å². The highest BCUT2D eigenvalue weighted by Gasteiger charge is 2.30. The highest BCUT2D eigenvalue weighted by atomic mass is 19.4. The number of carbonyl (C=O) groups is 1. The number of allylic oxidation sites excluding steroid dienone is 1. The van der Waals surface area contributed by atoms with E-state index in [1.165, 1.54) is 19.2 Å². The fourth-order valence-corrected chi connectivity index (χ4v) is 4.09. The molecule has 178 valence electrons. The molecule has 0 saturated carbocycles. The second kappa shape index (κ2) is 10.7. The molecule has 5 nitrogen and oxygen atoms in total. The molecule has 1 saturated heterocycles. The smallest absolute Gasteiger partial charge is 0.416 e. The molecule has 0 atom stereocenters. The molecule has 0 radical (unpaired) electrons. The number of benzene rings is 2. The summed E-state index contributed by atoms with van der Waals surface area (Å²) < 4.78 is 49.6. The fourth-order valence-electron chi connectivity index (χ4n) is 4.09. The zero-order valence-electron chi connectivity index (χ0n) is 18.9. The van der Waals surface area contributed by atoms with Crippen LogP contribution in [0.2, 0.25) is 0 Å². The molecule has 1 aliphatic rings. The molecule has 2 aromatic rings. The third kappa shape index (κ3) is 6.28. The number of methoxy groups -OCH3 is 2. The van der Waals surface area contributed by atoms with Crippen molar-refractivity contribution >= 4 is 5.91 Å². The first-order valence-corrected chi connectivity index (χ1v) is 10.8. The standard InChI is InChI=1S/C25H29F3N2O3/c1-4-6-18-14-19(15-22(32-2)23(18)33-3)24(31)29-21-9-11-30(12-10-21)16-17-7-5-8-20(13-17)25(26,27)28/h4-5,7-8,13-15,21H,1,6,9-12,16H2,2-3H3,(H,29,31). The number of likely N-dealkylation sites (tertiary alicyclic amines) is 1. The highest BCUT2D eigenvalue weighted by Crippen LogP contribution is 2.33. The molecule has 1 aliphatic heterocycles. The van der Waals surface area contributed by atoms with Gasteiger partial charge in [0.1, 0.15) is 0 Å². The second-order valence-corrected chi connectivity index (χ2v) is 8.09. The number of ether oxygens (including phenoxy) is 2. The van der Waals surface area contributed by atoms with Crippen molar-refractivity contribution in [3.05, 3.63) is 71.3 Å². The zero-order chi connectivity index (χ0) is 24.0. The molecule has 0 aliphatic carbocycles. The lowest BCUT2D eigenvalue weighted by atomic mass is 10.0. The van der Waals surface area contributed by atoms with Crippen LogP contribution >= 0.6 is 0 Å². The van der Waals surface area contributed by atoms with Crippen molar-refractivity contribution < 1.29 is 27.4 Å². The third-order valence-electron chi connectivity index (χ3n) is 5.77. The molecule has 8 heteroatoms. The van der Waals surface area contributed by atoms with Crippen LogP contribution in [0.3, 0.4) is 0 Å². The van der Waals surface area contributed by atoms with Gasteiger partial charge in [-0.2, -0.15) is 13.2 Å². The predicted molar refractivity (Wildman–Crippen MR) is 121 cm³/mol. The first-order chi connectivity index (χ1) is 15.7. The molecule has 0 spiro atoms. The molecule has 0 bridgehead atoms. The Balaban J connectivity index is 1.59.